The van der Waals surface area contributed by atoms with E-state index in [-0.39, 0.29) is 12.4 Å². The third-order valence-corrected chi connectivity index (χ3v) is 3.11. The number of benzene rings is 1. The summed E-state index contributed by atoms with van der Waals surface area (Å²) in [4.78, 5) is 35.9. The molecule has 0 spiro atoms. The van der Waals surface area contributed by atoms with Gasteiger partial charge in [-0.25, -0.2) is 0 Å². The number of ether oxygens (including phenoxy) is 1. The van der Waals surface area contributed by atoms with Crippen molar-refractivity contribution in [2.75, 3.05) is 11.9 Å². The molecule has 102 valence electrons. The van der Waals surface area contributed by atoms with Crippen molar-refractivity contribution in [2.45, 2.75) is 6.92 Å². The number of ketones is 1. The molecule has 0 saturated heterocycles. The fourth-order valence-electron chi connectivity index (χ4n) is 2.23. The van der Waals surface area contributed by atoms with Gasteiger partial charge in [-0.3, -0.25) is 14.4 Å². The summed E-state index contributed by atoms with van der Waals surface area (Å²) < 4.78 is 10.2. The number of amides is 1. The molecule has 0 fully saturated rings. The predicted octanol–water partition coefficient (Wildman–Crippen LogP) is 1.75. The third kappa shape index (κ3) is 1.69. The molecule has 0 radical (unpaired) electrons. The van der Waals surface area contributed by atoms with Crippen LogP contribution in [0.1, 0.15) is 17.5 Å². The first-order valence-electron chi connectivity index (χ1n) is 6.16. The first-order chi connectivity index (χ1) is 9.63. The average molecular weight is 273 g/mol. The molecule has 1 aromatic heterocycles. The molecule has 1 N–H and O–H groups in total. The molecule has 0 bridgehead atoms. The van der Waals surface area contributed by atoms with Gasteiger partial charge in [0.05, 0.1) is 12.3 Å². The summed E-state index contributed by atoms with van der Waals surface area (Å²) >= 11 is 0. The SMILES string of the molecule is CCOC(=O)C1C(=O)Nc2c(oc3ccccc23)C1=O. The Morgan fingerprint density at radius 2 is 2.10 bits per heavy atom. The van der Waals surface area contributed by atoms with Crippen molar-refractivity contribution in [3.8, 4) is 0 Å². The quantitative estimate of drug-likeness (QED) is 0.665. The predicted molar refractivity (Wildman–Crippen MR) is 69.3 cm³/mol. The zero-order valence-electron chi connectivity index (χ0n) is 10.6. The van der Waals surface area contributed by atoms with Crippen LogP contribution in [0.3, 0.4) is 0 Å². The number of rotatable bonds is 2. The van der Waals surface area contributed by atoms with Gasteiger partial charge in [-0.05, 0) is 19.1 Å². The molecular weight excluding hydrogens is 262 g/mol. The molecule has 1 aliphatic rings. The van der Waals surface area contributed by atoms with Crippen LogP contribution in [0.5, 0.6) is 0 Å². The van der Waals surface area contributed by atoms with E-state index in [1.807, 2.05) is 0 Å². The Hall–Kier alpha value is -2.63. The summed E-state index contributed by atoms with van der Waals surface area (Å²) in [6.45, 7) is 1.71. The third-order valence-electron chi connectivity index (χ3n) is 3.11. The van der Waals surface area contributed by atoms with Gasteiger partial charge in [0, 0.05) is 5.39 Å². The topological polar surface area (TPSA) is 85.6 Å². The highest BCUT2D eigenvalue weighted by atomic mass is 16.5. The lowest BCUT2D eigenvalue weighted by Crippen LogP contribution is -2.40. The van der Waals surface area contributed by atoms with Crippen LogP contribution < -0.4 is 5.32 Å². The summed E-state index contributed by atoms with van der Waals surface area (Å²) in [5, 5.41) is 3.18. The minimum Gasteiger partial charge on any atom is -0.465 e. The van der Waals surface area contributed by atoms with E-state index in [0.717, 1.165) is 0 Å². The van der Waals surface area contributed by atoms with E-state index in [9.17, 15) is 14.4 Å². The highest BCUT2D eigenvalue weighted by Gasteiger charge is 2.43. The number of hydrogen-bond acceptors (Lipinski definition) is 5. The van der Waals surface area contributed by atoms with E-state index < -0.39 is 23.6 Å². The van der Waals surface area contributed by atoms with Crippen LogP contribution in [0.15, 0.2) is 28.7 Å². The van der Waals surface area contributed by atoms with E-state index in [1.54, 1.807) is 31.2 Å². The van der Waals surface area contributed by atoms with Crippen molar-refractivity contribution in [1.82, 2.24) is 0 Å². The molecule has 2 heterocycles. The highest BCUT2D eigenvalue weighted by molar-refractivity contribution is 6.31. The normalized spacial score (nSPS) is 17.8. The zero-order chi connectivity index (χ0) is 14.3. The Morgan fingerprint density at radius 1 is 1.35 bits per heavy atom. The fraction of sp³-hybridized carbons (Fsp3) is 0.214. The monoisotopic (exact) mass is 273 g/mol. The maximum atomic E-state index is 12.3. The number of fused-ring (bicyclic) bond motifs is 3. The van der Waals surface area contributed by atoms with Gasteiger partial charge in [0.2, 0.25) is 17.6 Å². The van der Waals surface area contributed by atoms with E-state index >= 15 is 0 Å². The van der Waals surface area contributed by atoms with Gasteiger partial charge in [-0.1, -0.05) is 12.1 Å². The molecule has 1 unspecified atom stereocenters. The lowest BCUT2D eigenvalue weighted by molar-refractivity contribution is -0.148. The zero-order valence-corrected chi connectivity index (χ0v) is 10.6. The van der Waals surface area contributed by atoms with Crippen molar-refractivity contribution in [2.24, 2.45) is 5.92 Å². The molecule has 2 aromatic rings. The average Bonchev–Trinajstić information content (AvgIpc) is 2.78. The summed E-state index contributed by atoms with van der Waals surface area (Å²) in [5.41, 5.74) is 0.798. The molecule has 6 nitrogen and oxygen atoms in total. The molecule has 0 saturated carbocycles. The number of anilines is 1. The summed E-state index contributed by atoms with van der Waals surface area (Å²) in [6.07, 6.45) is 0. The minimum absolute atomic E-state index is 0.0103. The number of Topliss-reactive ketones (excluding diaryl/α,β-unsaturated/α-hetero) is 1. The molecule has 6 heteroatoms. The number of carbonyl (C=O) groups is 3. The lowest BCUT2D eigenvalue weighted by Gasteiger charge is -2.18. The number of furan rings is 1. The van der Waals surface area contributed by atoms with Crippen LogP contribution in [-0.4, -0.2) is 24.3 Å². The molecule has 20 heavy (non-hydrogen) atoms. The molecular formula is C14H11NO5. The fourth-order valence-corrected chi connectivity index (χ4v) is 2.23. The first-order valence-corrected chi connectivity index (χ1v) is 6.16. The van der Waals surface area contributed by atoms with Crippen LogP contribution in [0.25, 0.3) is 11.0 Å². The Bertz CT molecular complexity index is 730. The van der Waals surface area contributed by atoms with Crippen molar-refractivity contribution in [3.63, 3.8) is 0 Å². The van der Waals surface area contributed by atoms with Crippen molar-refractivity contribution in [1.29, 1.82) is 0 Å². The van der Waals surface area contributed by atoms with Crippen LogP contribution in [-0.2, 0) is 14.3 Å². The Labute approximate surface area is 113 Å². The van der Waals surface area contributed by atoms with Gasteiger partial charge in [0.15, 0.2) is 5.76 Å². The highest BCUT2D eigenvalue weighted by Crippen LogP contribution is 2.35. The number of nitrogens with one attached hydrogen (secondary N) is 1. The van der Waals surface area contributed by atoms with Gasteiger partial charge in [0.1, 0.15) is 5.58 Å². The van der Waals surface area contributed by atoms with Crippen molar-refractivity contribution >= 4 is 34.3 Å². The van der Waals surface area contributed by atoms with Gasteiger partial charge < -0.3 is 14.5 Å². The van der Waals surface area contributed by atoms with E-state index in [0.29, 0.717) is 16.7 Å². The maximum absolute atomic E-state index is 12.3. The second-order valence-electron chi connectivity index (χ2n) is 4.34. The largest absolute Gasteiger partial charge is 0.465 e. The minimum atomic E-state index is -1.50. The molecule has 0 aliphatic carbocycles. The first kappa shape index (κ1) is 12.4. The molecule has 3 rings (SSSR count). The molecule has 1 amide bonds. The Morgan fingerprint density at radius 3 is 2.85 bits per heavy atom. The van der Waals surface area contributed by atoms with Crippen molar-refractivity contribution < 1.29 is 23.5 Å². The van der Waals surface area contributed by atoms with Gasteiger partial charge in [-0.2, -0.15) is 0 Å². The van der Waals surface area contributed by atoms with Gasteiger partial charge in [-0.15, -0.1) is 0 Å². The van der Waals surface area contributed by atoms with Crippen LogP contribution in [0, 0.1) is 5.92 Å². The second kappa shape index (κ2) is 4.48. The van der Waals surface area contributed by atoms with Crippen LogP contribution >= 0.6 is 0 Å². The van der Waals surface area contributed by atoms with Crippen LogP contribution in [0.2, 0.25) is 0 Å². The van der Waals surface area contributed by atoms with Gasteiger partial charge >= 0.3 is 5.97 Å². The molecule has 1 aliphatic heterocycles. The molecule has 1 atom stereocenters. The van der Waals surface area contributed by atoms with E-state index in [2.05, 4.69) is 5.32 Å². The smallest absolute Gasteiger partial charge is 0.326 e. The number of para-hydroxylation sites is 1. The number of carbonyl (C=O) groups excluding carboxylic acids is 3. The Balaban J connectivity index is 2.10. The van der Waals surface area contributed by atoms with E-state index in [4.69, 9.17) is 9.15 Å². The van der Waals surface area contributed by atoms with Gasteiger partial charge in [0.25, 0.3) is 0 Å². The van der Waals surface area contributed by atoms with Crippen molar-refractivity contribution in [3.05, 3.63) is 30.0 Å². The number of hydrogen-bond donors (Lipinski definition) is 1. The Kier molecular flexibility index (Phi) is 2.78. The summed E-state index contributed by atoms with van der Waals surface area (Å²) in [6, 6.07) is 6.95. The lowest BCUT2D eigenvalue weighted by atomic mass is 9.96. The van der Waals surface area contributed by atoms with Crippen LogP contribution in [0.4, 0.5) is 5.69 Å². The number of esters is 1. The van der Waals surface area contributed by atoms with E-state index in [1.165, 1.54) is 0 Å². The molecule has 1 aromatic carbocycles. The maximum Gasteiger partial charge on any atom is 0.326 e. The summed E-state index contributed by atoms with van der Waals surface area (Å²) in [5.74, 6) is -3.72. The second-order valence-corrected chi connectivity index (χ2v) is 4.34. The summed E-state index contributed by atoms with van der Waals surface area (Å²) in [7, 11) is 0. The standard InChI is InChI=1S/C14H11NO5/c1-2-19-14(18)9-11(16)12-10(15-13(9)17)7-5-3-4-6-8(7)20-12/h3-6,9H,2H2,1H3,(H,15,17).